The summed E-state index contributed by atoms with van der Waals surface area (Å²) in [6, 6.07) is 13.6. The summed E-state index contributed by atoms with van der Waals surface area (Å²) in [5.74, 6) is 0.249. The SMILES string of the molecule is CNC(=O)C1(COC)CCCN1C(=O)COc1cccc2ccccc12. The predicted octanol–water partition coefficient (Wildman–Crippen LogP) is 1.97. The van der Waals surface area contributed by atoms with Gasteiger partial charge in [0.05, 0.1) is 6.61 Å². The number of ether oxygens (including phenoxy) is 2. The number of amides is 2. The Labute approximate surface area is 153 Å². The second-order valence-corrected chi connectivity index (χ2v) is 6.46. The summed E-state index contributed by atoms with van der Waals surface area (Å²) in [4.78, 5) is 26.9. The number of likely N-dealkylation sites (N-methyl/N-ethyl adjacent to an activating group) is 1. The lowest BCUT2D eigenvalue weighted by atomic mass is 9.95. The molecule has 3 rings (SSSR count). The Morgan fingerprint density at radius 2 is 1.96 bits per heavy atom. The third-order valence-corrected chi connectivity index (χ3v) is 4.92. The highest BCUT2D eigenvalue weighted by Crippen LogP contribution is 2.31. The number of carbonyl (C=O) groups excluding carboxylic acids is 2. The minimum absolute atomic E-state index is 0.115. The zero-order valence-electron chi connectivity index (χ0n) is 15.2. The Bertz CT molecular complexity index is 802. The van der Waals surface area contributed by atoms with Crippen molar-refractivity contribution in [2.75, 3.05) is 33.9 Å². The van der Waals surface area contributed by atoms with Crippen LogP contribution in [0.25, 0.3) is 10.8 Å². The van der Waals surface area contributed by atoms with E-state index in [1.807, 2.05) is 42.5 Å². The monoisotopic (exact) mass is 356 g/mol. The zero-order chi connectivity index (χ0) is 18.6. The van der Waals surface area contributed by atoms with Gasteiger partial charge in [0.25, 0.3) is 5.91 Å². The third-order valence-electron chi connectivity index (χ3n) is 4.92. The second kappa shape index (κ2) is 7.74. The Hall–Kier alpha value is -2.60. The van der Waals surface area contributed by atoms with Gasteiger partial charge in [-0.1, -0.05) is 36.4 Å². The van der Waals surface area contributed by atoms with Gasteiger partial charge in [-0.05, 0) is 24.3 Å². The van der Waals surface area contributed by atoms with Gasteiger partial charge in [0.1, 0.15) is 11.3 Å². The minimum Gasteiger partial charge on any atom is -0.483 e. The van der Waals surface area contributed by atoms with Crippen LogP contribution in [0.15, 0.2) is 42.5 Å². The smallest absolute Gasteiger partial charge is 0.261 e. The molecule has 0 spiro atoms. The molecule has 1 heterocycles. The highest BCUT2D eigenvalue weighted by Gasteiger charge is 2.49. The molecule has 2 aromatic carbocycles. The molecule has 6 nitrogen and oxygen atoms in total. The first kappa shape index (κ1) is 18.2. The number of fused-ring (bicyclic) bond motifs is 1. The molecule has 1 N–H and O–H groups in total. The Morgan fingerprint density at radius 3 is 2.73 bits per heavy atom. The van der Waals surface area contributed by atoms with Crippen LogP contribution >= 0.6 is 0 Å². The van der Waals surface area contributed by atoms with Crippen LogP contribution in [-0.4, -0.2) is 56.2 Å². The fraction of sp³-hybridized carbons (Fsp3) is 0.400. The lowest BCUT2D eigenvalue weighted by Crippen LogP contribution is -2.60. The third kappa shape index (κ3) is 3.24. The Morgan fingerprint density at radius 1 is 1.19 bits per heavy atom. The summed E-state index contributed by atoms with van der Waals surface area (Å²) in [6.07, 6.45) is 1.34. The van der Waals surface area contributed by atoms with E-state index in [2.05, 4.69) is 5.32 Å². The van der Waals surface area contributed by atoms with Gasteiger partial charge in [-0.25, -0.2) is 0 Å². The van der Waals surface area contributed by atoms with Crippen molar-refractivity contribution in [3.05, 3.63) is 42.5 Å². The maximum absolute atomic E-state index is 12.8. The molecule has 26 heavy (non-hydrogen) atoms. The van der Waals surface area contributed by atoms with Crippen LogP contribution < -0.4 is 10.1 Å². The molecule has 138 valence electrons. The van der Waals surface area contributed by atoms with Crippen LogP contribution in [0.3, 0.4) is 0 Å². The van der Waals surface area contributed by atoms with E-state index >= 15 is 0 Å². The lowest BCUT2D eigenvalue weighted by molar-refractivity contribution is -0.149. The summed E-state index contributed by atoms with van der Waals surface area (Å²) in [5, 5.41) is 4.67. The van der Waals surface area contributed by atoms with Crippen molar-refractivity contribution in [2.24, 2.45) is 0 Å². The molecule has 0 aromatic heterocycles. The largest absolute Gasteiger partial charge is 0.483 e. The molecule has 1 unspecified atom stereocenters. The maximum atomic E-state index is 12.8. The molecule has 0 aliphatic carbocycles. The highest BCUT2D eigenvalue weighted by atomic mass is 16.5. The molecular weight excluding hydrogens is 332 g/mol. The van der Waals surface area contributed by atoms with Crippen molar-refractivity contribution >= 4 is 22.6 Å². The average molecular weight is 356 g/mol. The predicted molar refractivity (Wildman–Crippen MR) is 99.1 cm³/mol. The lowest BCUT2D eigenvalue weighted by Gasteiger charge is -2.36. The summed E-state index contributed by atoms with van der Waals surface area (Å²) in [7, 11) is 3.12. The average Bonchev–Trinajstić information content (AvgIpc) is 3.10. The van der Waals surface area contributed by atoms with Gasteiger partial charge in [-0.15, -0.1) is 0 Å². The van der Waals surface area contributed by atoms with Gasteiger partial charge in [0.2, 0.25) is 5.91 Å². The number of hydrogen-bond donors (Lipinski definition) is 1. The van der Waals surface area contributed by atoms with E-state index in [-0.39, 0.29) is 25.0 Å². The number of benzene rings is 2. The molecule has 2 aromatic rings. The van der Waals surface area contributed by atoms with E-state index < -0.39 is 5.54 Å². The van der Waals surface area contributed by atoms with E-state index in [0.29, 0.717) is 18.7 Å². The fourth-order valence-electron chi connectivity index (χ4n) is 3.70. The van der Waals surface area contributed by atoms with Crippen LogP contribution in [0.2, 0.25) is 0 Å². The van der Waals surface area contributed by atoms with Crippen molar-refractivity contribution in [1.82, 2.24) is 10.2 Å². The van der Waals surface area contributed by atoms with Crippen LogP contribution in [-0.2, 0) is 14.3 Å². The summed E-state index contributed by atoms with van der Waals surface area (Å²) < 4.78 is 11.1. The zero-order valence-corrected chi connectivity index (χ0v) is 15.2. The summed E-state index contributed by atoms with van der Waals surface area (Å²) in [5.41, 5.74) is -0.956. The van der Waals surface area contributed by atoms with Gasteiger partial charge in [0, 0.05) is 26.1 Å². The van der Waals surface area contributed by atoms with Gasteiger partial charge in [-0.2, -0.15) is 0 Å². The van der Waals surface area contributed by atoms with Crippen LogP contribution in [0.1, 0.15) is 12.8 Å². The van der Waals surface area contributed by atoms with Crippen molar-refractivity contribution in [1.29, 1.82) is 0 Å². The molecule has 1 atom stereocenters. The fourth-order valence-corrected chi connectivity index (χ4v) is 3.70. The van der Waals surface area contributed by atoms with E-state index in [9.17, 15) is 9.59 Å². The molecule has 2 amide bonds. The number of rotatable bonds is 6. The molecular formula is C20H24N2O4. The molecule has 6 heteroatoms. The van der Waals surface area contributed by atoms with Crippen molar-refractivity contribution in [2.45, 2.75) is 18.4 Å². The van der Waals surface area contributed by atoms with Crippen molar-refractivity contribution in [3.63, 3.8) is 0 Å². The Balaban J connectivity index is 1.77. The molecule has 0 saturated carbocycles. The second-order valence-electron chi connectivity index (χ2n) is 6.46. The van der Waals surface area contributed by atoms with E-state index in [4.69, 9.17) is 9.47 Å². The topological polar surface area (TPSA) is 67.9 Å². The van der Waals surface area contributed by atoms with E-state index in [0.717, 1.165) is 17.2 Å². The van der Waals surface area contributed by atoms with E-state index in [1.165, 1.54) is 7.11 Å². The Kier molecular flexibility index (Phi) is 5.42. The normalized spacial score (nSPS) is 19.5. The van der Waals surface area contributed by atoms with Gasteiger partial charge in [-0.3, -0.25) is 9.59 Å². The summed E-state index contributed by atoms with van der Waals surface area (Å²) in [6.45, 7) is 0.581. The van der Waals surface area contributed by atoms with Gasteiger partial charge < -0.3 is 19.7 Å². The number of carbonyl (C=O) groups is 2. The number of methoxy groups -OCH3 is 1. The molecule has 1 aliphatic rings. The molecule has 1 aliphatic heterocycles. The number of nitrogens with zero attached hydrogens (tertiary/aromatic N) is 1. The van der Waals surface area contributed by atoms with Crippen LogP contribution in [0.5, 0.6) is 5.75 Å². The molecule has 1 saturated heterocycles. The van der Waals surface area contributed by atoms with Crippen molar-refractivity contribution in [3.8, 4) is 5.75 Å². The summed E-state index contributed by atoms with van der Waals surface area (Å²) >= 11 is 0. The standard InChI is InChI=1S/C20H24N2O4/c1-21-19(24)20(14-25-2)11-6-12-22(20)18(23)13-26-17-10-5-8-15-7-3-4-9-16(15)17/h3-5,7-10H,6,11-14H2,1-2H3,(H,21,24). The minimum atomic E-state index is -0.956. The first-order valence-electron chi connectivity index (χ1n) is 8.74. The number of likely N-dealkylation sites (tertiary alicyclic amines) is 1. The highest BCUT2D eigenvalue weighted by molar-refractivity contribution is 5.93. The molecule has 1 fully saturated rings. The van der Waals surface area contributed by atoms with Crippen LogP contribution in [0.4, 0.5) is 0 Å². The molecule has 0 bridgehead atoms. The number of nitrogens with one attached hydrogen (secondary N) is 1. The quantitative estimate of drug-likeness (QED) is 0.859. The maximum Gasteiger partial charge on any atom is 0.261 e. The molecule has 0 radical (unpaired) electrons. The van der Waals surface area contributed by atoms with Crippen molar-refractivity contribution < 1.29 is 19.1 Å². The number of hydrogen-bond acceptors (Lipinski definition) is 4. The van der Waals surface area contributed by atoms with Gasteiger partial charge in [0.15, 0.2) is 6.61 Å². The van der Waals surface area contributed by atoms with Crippen LogP contribution in [0, 0.1) is 0 Å². The first-order valence-corrected chi connectivity index (χ1v) is 8.74. The van der Waals surface area contributed by atoms with Gasteiger partial charge >= 0.3 is 0 Å². The van der Waals surface area contributed by atoms with E-state index in [1.54, 1.807) is 11.9 Å². The first-order chi connectivity index (χ1) is 12.6.